The maximum atomic E-state index is 11.5. The van der Waals surface area contributed by atoms with Crippen molar-refractivity contribution in [2.45, 2.75) is 44.7 Å². The zero-order chi connectivity index (χ0) is 14.5. The Morgan fingerprint density at radius 1 is 1.35 bits per heavy atom. The number of phenols is 1. The second-order valence-corrected chi connectivity index (χ2v) is 5.56. The van der Waals surface area contributed by atoms with Crippen LogP contribution in [0.2, 0.25) is 0 Å². The Bertz CT molecular complexity index is 453. The Morgan fingerprint density at radius 3 is 2.65 bits per heavy atom. The zero-order valence-corrected chi connectivity index (χ0v) is 12.1. The summed E-state index contributed by atoms with van der Waals surface area (Å²) in [7, 11) is 1.45. The first kappa shape index (κ1) is 14.9. The number of carbonyl (C=O) groups excluding carboxylic acids is 1. The highest BCUT2D eigenvalue weighted by atomic mass is 16.5. The molecule has 0 amide bonds. The summed E-state index contributed by atoms with van der Waals surface area (Å²) in [5.41, 5.74) is 1.08. The van der Waals surface area contributed by atoms with Gasteiger partial charge in [0.25, 0.3) is 0 Å². The number of methoxy groups -OCH3 is 1. The van der Waals surface area contributed by atoms with Gasteiger partial charge in [-0.1, -0.05) is 12.1 Å². The number of hydrogen-bond donors (Lipinski definition) is 2. The van der Waals surface area contributed by atoms with Crippen LogP contribution in [0.4, 0.5) is 0 Å². The van der Waals surface area contributed by atoms with Crippen molar-refractivity contribution in [3.05, 3.63) is 29.8 Å². The summed E-state index contributed by atoms with van der Waals surface area (Å²) < 4.78 is 4.80. The fourth-order valence-corrected chi connectivity index (χ4v) is 2.91. The van der Waals surface area contributed by atoms with E-state index in [-0.39, 0.29) is 17.9 Å². The second-order valence-electron chi connectivity index (χ2n) is 5.56. The molecule has 2 N–H and O–H groups in total. The van der Waals surface area contributed by atoms with Crippen molar-refractivity contribution in [2.75, 3.05) is 7.11 Å². The minimum absolute atomic E-state index is 0.0640. The zero-order valence-electron chi connectivity index (χ0n) is 12.1. The van der Waals surface area contributed by atoms with Crippen molar-refractivity contribution in [2.24, 2.45) is 5.92 Å². The summed E-state index contributed by atoms with van der Waals surface area (Å²) in [6.07, 6.45) is 3.75. The van der Waals surface area contributed by atoms with Crippen LogP contribution in [-0.4, -0.2) is 24.2 Å². The van der Waals surface area contributed by atoms with Crippen molar-refractivity contribution < 1.29 is 14.6 Å². The van der Waals surface area contributed by atoms with Gasteiger partial charge in [0.1, 0.15) is 5.75 Å². The first-order chi connectivity index (χ1) is 9.60. The first-order valence-corrected chi connectivity index (χ1v) is 7.23. The number of phenolic OH excluding ortho intramolecular Hbond substituents is 1. The highest BCUT2D eigenvalue weighted by molar-refractivity contribution is 5.72. The van der Waals surface area contributed by atoms with Gasteiger partial charge in [-0.25, -0.2) is 0 Å². The van der Waals surface area contributed by atoms with E-state index in [1.165, 1.54) is 7.11 Å². The van der Waals surface area contributed by atoms with Gasteiger partial charge >= 0.3 is 5.97 Å². The van der Waals surface area contributed by atoms with Crippen molar-refractivity contribution in [1.82, 2.24) is 5.32 Å². The van der Waals surface area contributed by atoms with E-state index >= 15 is 0 Å². The highest BCUT2D eigenvalue weighted by Crippen LogP contribution is 2.27. The van der Waals surface area contributed by atoms with Crippen molar-refractivity contribution in [3.8, 4) is 5.75 Å². The topological polar surface area (TPSA) is 58.6 Å². The van der Waals surface area contributed by atoms with Gasteiger partial charge in [0.05, 0.1) is 13.0 Å². The molecule has 4 nitrogen and oxygen atoms in total. The summed E-state index contributed by atoms with van der Waals surface area (Å²) in [5, 5.41) is 13.1. The van der Waals surface area contributed by atoms with Gasteiger partial charge in [0.2, 0.25) is 0 Å². The van der Waals surface area contributed by atoms with E-state index in [0.29, 0.717) is 11.8 Å². The van der Waals surface area contributed by atoms with Crippen LogP contribution in [0.25, 0.3) is 0 Å². The summed E-state index contributed by atoms with van der Waals surface area (Å²) in [6, 6.07) is 7.96. The molecule has 0 heterocycles. The van der Waals surface area contributed by atoms with E-state index in [9.17, 15) is 9.90 Å². The van der Waals surface area contributed by atoms with Gasteiger partial charge in [-0.05, 0) is 50.3 Å². The Kier molecular flexibility index (Phi) is 5.01. The Morgan fingerprint density at radius 2 is 2.05 bits per heavy atom. The van der Waals surface area contributed by atoms with E-state index in [1.54, 1.807) is 12.1 Å². The number of benzene rings is 1. The van der Waals surface area contributed by atoms with Crippen LogP contribution < -0.4 is 5.32 Å². The molecule has 1 aliphatic rings. The molecule has 1 aromatic carbocycles. The van der Waals surface area contributed by atoms with Gasteiger partial charge in [0.15, 0.2) is 0 Å². The number of rotatable bonds is 4. The summed E-state index contributed by atoms with van der Waals surface area (Å²) in [6.45, 7) is 2.10. The van der Waals surface area contributed by atoms with Crippen LogP contribution in [-0.2, 0) is 9.53 Å². The number of hydrogen-bond acceptors (Lipinski definition) is 4. The predicted molar refractivity (Wildman–Crippen MR) is 77.4 cm³/mol. The summed E-state index contributed by atoms with van der Waals surface area (Å²) in [4.78, 5) is 11.5. The lowest BCUT2D eigenvalue weighted by Gasteiger charge is -2.30. The lowest BCUT2D eigenvalue weighted by Crippen LogP contribution is -2.36. The average molecular weight is 277 g/mol. The number of aromatic hydroxyl groups is 1. The molecule has 20 heavy (non-hydrogen) atoms. The fourth-order valence-electron chi connectivity index (χ4n) is 2.91. The van der Waals surface area contributed by atoms with Crippen molar-refractivity contribution in [1.29, 1.82) is 0 Å². The molecule has 1 saturated carbocycles. The monoisotopic (exact) mass is 277 g/mol. The van der Waals surface area contributed by atoms with Crippen LogP contribution in [0.1, 0.15) is 44.2 Å². The van der Waals surface area contributed by atoms with Gasteiger partial charge in [0, 0.05) is 12.1 Å². The molecule has 0 radical (unpaired) electrons. The molecule has 1 fully saturated rings. The van der Waals surface area contributed by atoms with Crippen molar-refractivity contribution >= 4 is 5.97 Å². The highest BCUT2D eigenvalue weighted by Gasteiger charge is 2.27. The van der Waals surface area contributed by atoms with E-state index in [0.717, 1.165) is 31.2 Å². The third-order valence-electron chi connectivity index (χ3n) is 4.12. The largest absolute Gasteiger partial charge is 0.508 e. The molecule has 0 aromatic heterocycles. The van der Waals surface area contributed by atoms with E-state index in [4.69, 9.17) is 4.74 Å². The molecule has 0 saturated heterocycles. The van der Waals surface area contributed by atoms with Gasteiger partial charge in [-0.2, -0.15) is 0 Å². The second kappa shape index (κ2) is 6.75. The smallest absolute Gasteiger partial charge is 0.308 e. The normalized spacial score (nSPS) is 24.1. The summed E-state index contributed by atoms with van der Waals surface area (Å²) >= 11 is 0. The van der Waals surface area contributed by atoms with Crippen LogP contribution in [0, 0.1) is 5.92 Å². The Hall–Kier alpha value is -1.55. The molecule has 0 spiro atoms. The molecule has 4 heteroatoms. The number of carbonyl (C=O) groups is 1. The molecule has 0 bridgehead atoms. The molecule has 1 atom stereocenters. The van der Waals surface area contributed by atoms with Gasteiger partial charge in [-0.15, -0.1) is 0 Å². The van der Waals surface area contributed by atoms with Gasteiger partial charge in [-0.3, -0.25) is 4.79 Å². The molecular weight excluding hydrogens is 254 g/mol. The molecule has 1 aromatic rings. The lowest BCUT2D eigenvalue weighted by molar-refractivity contribution is -0.146. The predicted octanol–water partition coefficient (Wildman–Crippen LogP) is 2.77. The molecule has 1 aliphatic carbocycles. The molecule has 2 rings (SSSR count). The summed E-state index contributed by atoms with van der Waals surface area (Å²) in [5.74, 6) is 0.282. The lowest BCUT2D eigenvalue weighted by atomic mass is 9.85. The van der Waals surface area contributed by atoms with Crippen LogP contribution in [0.15, 0.2) is 24.3 Å². The number of ether oxygens (including phenoxy) is 1. The maximum Gasteiger partial charge on any atom is 0.308 e. The van der Waals surface area contributed by atoms with E-state index in [2.05, 4.69) is 12.2 Å². The standard InChI is InChI=1S/C16H23NO3/c1-11(13-4-3-5-15(18)10-13)17-14-8-6-12(7-9-14)16(19)20-2/h3-5,10-12,14,17-18H,6-9H2,1-2H3/t11-,12?,14?/m1/s1. The molecular formula is C16H23NO3. The maximum absolute atomic E-state index is 11.5. The van der Waals surface area contributed by atoms with Crippen LogP contribution >= 0.6 is 0 Å². The van der Waals surface area contributed by atoms with E-state index in [1.807, 2.05) is 12.1 Å². The van der Waals surface area contributed by atoms with E-state index < -0.39 is 0 Å². The first-order valence-electron chi connectivity index (χ1n) is 7.23. The number of esters is 1. The SMILES string of the molecule is COC(=O)C1CCC(N[C@H](C)c2cccc(O)c2)CC1. The Balaban J connectivity index is 1.85. The quantitative estimate of drug-likeness (QED) is 0.831. The minimum Gasteiger partial charge on any atom is -0.508 e. The Labute approximate surface area is 120 Å². The van der Waals surface area contributed by atoms with Crippen molar-refractivity contribution in [3.63, 3.8) is 0 Å². The van der Waals surface area contributed by atoms with Gasteiger partial charge < -0.3 is 15.2 Å². The minimum atomic E-state index is -0.0792. The number of nitrogens with one attached hydrogen (secondary N) is 1. The third kappa shape index (κ3) is 3.73. The fraction of sp³-hybridized carbons (Fsp3) is 0.562. The third-order valence-corrected chi connectivity index (χ3v) is 4.12. The van der Waals surface area contributed by atoms with Crippen LogP contribution in [0.3, 0.4) is 0 Å². The van der Waals surface area contributed by atoms with Crippen LogP contribution in [0.5, 0.6) is 5.75 Å². The molecule has 110 valence electrons. The molecule has 0 aliphatic heterocycles. The molecule has 0 unspecified atom stereocenters. The average Bonchev–Trinajstić information content (AvgIpc) is 2.47.